The van der Waals surface area contributed by atoms with Gasteiger partial charge in [-0.3, -0.25) is 0 Å². The predicted molar refractivity (Wildman–Crippen MR) is 274 cm³/mol. The number of allylic oxidation sites excluding steroid dienone is 5. The molecular weight excluding hydrogens is 777 g/mol. The van der Waals surface area contributed by atoms with E-state index in [0.29, 0.717) is 0 Å². The van der Waals surface area contributed by atoms with Gasteiger partial charge >= 0.3 is 0 Å². The average Bonchev–Trinajstić information content (AvgIpc) is 3.89. The number of anilines is 5. The molecule has 0 N–H and O–H groups in total. The number of rotatable bonds is 13. The van der Waals surface area contributed by atoms with Gasteiger partial charge in [-0.2, -0.15) is 0 Å². The Bertz CT molecular complexity index is 3260. The number of nitrogens with zero attached hydrogens (tertiary/aromatic N) is 4. The molecule has 2 heterocycles. The van der Waals surface area contributed by atoms with Crippen LogP contribution in [-0.4, -0.2) is 9.13 Å². The lowest BCUT2D eigenvalue weighted by Gasteiger charge is -2.26. The molecule has 0 atom stereocenters. The Kier molecular flexibility index (Phi) is 11.0. The summed E-state index contributed by atoms with van der Waals surface area (Å²) in [6.45, 7) is 8.77. The van der Waals surface area contributed by atoms with E-state index in [4.69, 9.17) is 0 Å². The standard InChI is InChI=1S/C60H46N4/c1-3-48(62(49-22-8-4-9-23-49)50-24-10-5-11-25-50)30-20-42-61-55(43-47-21-16-18-32-58(47)61)36-34-45(2)46-35-41-60-57(44-46)56-31-17-19-33-59(56)64(60)54-39-37-53(38-40-54)63(51-26-12-6-13-27-51)52-28-14-7-15-29-52/h3-44H,1-2H2/b36-34-,42-20+,48-30+. The van der Waals surface area contributed by atoms with E-state index in [0.717, 1.165) is 78.6 Å². The Balaban J connectivity index is 0.961. The maximum atomic E-state index is 4.57. The molecule has 10 rings (SSSR count). The van der Waals surface area contributed by atoms with Gasteiger partial charge in [0.1, 0.15) is 0 Å². The normalized spacial score (nSPS) is 11.8. The van der Waals surface area contributed by atoms with Crippen molar-refractivity contribution in [3.8, 4) is 5.69 Å². The van der Waals surface area contributed by atoms with E-state index < -0.39 is 0 Å². The van der Waals surface area contributed by atoms with E-state index >= 15 is 0 Å². The fraction of sp³-hybridized carbons (Fsp3) is 0. The van der Waals surface area contributed by atoms with Crippen molar-refractivity contribution in [3.63, 3.8) is 0 Å². The van der Waals surface area contributed by atoms with Crippen LogP contribution in [0.1, 0.15) is 11.3 Å². The second-order valence-corrected chi connectivity index (χ2v) is 15.6. The molecule has 0 unspecified atom stereocenters. The molecule has 64 heavy (non-hydrogen) atoms. The van der Waals surface area contributed by atoms with E-state index in [1.54, 1.807) is 0 Å². The van der Waals surface area contributed by atoms with Crippen molar-refractivity contribution in [2.45, 2.75) is 0 Å². The Hall–Kier alpha value is -8.60. The van der Waals surface area contributed by atoms with Crippen molar-refractivity contribution in [3.05, 3.63) is 273 Å². The molecule has 0 aliphatic heterocycles. The highest BCUT2D eigenvalue weighted by Gasteiger charge is 2.16. The van der Waals surface area contributed by atoms with Crippen LogP contribution < -0.4 is 9.80 Å². The fourth-order valence-corrected chi connectivity index (χ4v) is 8.64. The Morgan fingerprint density at radius 1 is 0.484 bits per heavy atom. The summed E-state index contributed by atoms with van der Waals surface area (Å²) in [5.41, 5.74) is 14.0. The van der Waals surface area contributed by atoms with Crippen molar-refractivity contribution in [1.29, 1.82) is 0 Å². The molecule has 0 fully saturated rings. The van der Waals surface area contributed by atoms with Crippen LogP contribution in [0.4, 0.5) is 28.4 Å². The summed E-state index contributed by atoms with van der Waals surface area (Å²) in [7, 11) is 0. The molecule has 2 aromatic heterocycles. The van der Waals surface area contributed by atoms with Gasteiger partial charge in [-0.15, -0.1) is 0 Å². The molecule has 0 spiro atoms. The van der Waals surface area contributed by atoms with Crippen LogP contribution in [0.2, 0.25) is 0 Å². The van der Waals surface area contributed by atoms with Gasteiger partial charge in [-0.05, 0) is 139 Å². The van der Waals surface area contributed by atoms with E-state index in [1.165, 1.54) is 10.8 Å². The lowest BCUT2D eigenvalue weighted by Crippen LogP contribution is -2.14. The van der Waals surface area contributed by atoms with Crippen LogP contribution in [0.15, 0.2) is 262 Å². The van der Waals surface area contributed by atoms with Crippen LogP contribution >= 0.6 is 0 Å². The molecule has 0 aliphatic rings. The molecule has 4 heteroatoms. The van der Waals surface area contributed by atoms with E-state index in [2.05, 4.69) is 269 Å². The van der Waals surface area contributed by atoms with Gasteiger partial charge in [0.05, 0.1) is 16.6 Å². The van der Waals surface area contributed by atoms with Crippen LogP contribution in [0, 0.1) is 0 Å². The summed E-state index contributed by atoms with van der Waals surface area (Å²) >= 11 is 0. The average molecular weight is 823 g/mol. The first-order valence-corrected chi connectivity index (χ1v) is 21.6. The first kappa shape index (κ1) is 39.5. The molecule has 8 aromatic carbocycles. The number of benzene rings is 8. The number of aromatic nitrogens is 2. The third-order valence-corrected chi connectivity index (χ3v) is 11.7. The smallest absolute Gasteiger partial charge is 0.0541 e. The van der Waals surface area contributed by atoms with Gasteiger partial charge in [-0.1, -0.05) is 134 Å². The lowest BCUT2D eigenvalue weighted by molar-refractivity contribution is 1.17. The summed E-state index contributed by atoms with van der Waals surface area (Å²) in [4.78, 5) is 4.51. The molecule has 0 radical (unpaired) electrons. The van der Waals surface area contributed by atoms with Crippen molar-refractivity contribution >= 4 is 79.0 Å². The van der Waals surface area contributed by atoms with Gasteiger partial charge in [0, 0.05) is 67.9 Å². The van der Waals surface area contributed by atoms with Gasteiger partial charge < -0.3 is 18.9 Å². The fourth-order valence-electron chi connectivity index (χ4n) is 8.64. The zero-order valence-corrected chi connectivity index (χ0v) is 35.5. The number of hydrogen-bond acceptors (Lipinski definition) is 2. The maximum absolute atomic E-state index is 4.57. The Morgan fingerprint density at radius 2 is 1.02 bits per heavy atom. The highest BCUT2D eigenvalue weighted by molar-refractivity contribution is 6.10. The minimum Gasteiger partial charge on any atom is -0.317 e. The van der Waals surface area contributed by atoms with Gasteiger partial charge in [-0.25, -0.2) is 0 Å². The highest BCUT2D eigenvalue weighted by atomic mass is 15.1. The lowest BCUT2D eigenvalue weighted by atomic mass is 10.0. The number of para-hydroxylation sites is 6. The minimum atomic E-state index is 0.931. The number of fused-ring (bicyclic) bond motifs is 4. The summed E-state index contributed by atoms with van der Waals surface area (Å²) in [6.07, 6.45) is 12.5. The largest absolute Gasteiger partial charge is 0.317 e. The highest BCUT2D eigenvalue weighted by Crippen LogP contribution is 2.38. The Morgan fingerprint density at radius 3 is 1.64 bits per heavy atom. The summed E-state index contributed by atoms with van der Waals surface area (Å²) in [5, 5.41) is 3.55. The van der Waals surface area contributed by atoms with Gasteiger partial charge in [0.25, 0.3) is 0 Å². The van der Waals surface area contributed by atoms with E-state index in [-0.39, 0.29) is 0 Å². The van der Waals surface area contributed by atoms with Crippen LogP contribution in [0.25, 0.3) is 56.2 Å². The first-order chi connectivity index (χ1) is 31.6. The monoisotopic (exact) mass is 822 g/mol. The molecule has 0 saturated heterocycles. The number of hydrogen-bond donors (Lipinski definition) is 0. The second-order valence-electron chi connectivity index (χ2n) is 15.6. The second kappa shape index (κ2) is 17.8. The third kappa shape index (κ3) is 7.77. The molecule has 306 valence electrons. The van der Waals surface area contributed by atoms with E-state index in [9.17, 15) is 0 Å². The molecule has 0 saturated carbocycles. The molecule has 10 aromatic rings. The van der Waals surface area contributed by atoms with Gasteiger partial charge in [0.15, 0.2) is 0 Å². The zero-order valence-electron chi connectivity index (χ0n) is 35.5. The summed E-state index contributed by atoms with van der Waals surface area (Å²) < 4.78 is 4.59. The molecule has 0 aliphatic carbocycles. The predicted octanol–water partition coefficient (Wildman–Crippen LogP) is 16.3. The van der Waals surface area contributed by atoms with Crippen molar-refractivity contribution in [1.82, 2.24) is 9.13 Å². The third-order valence-electron chi connectivity index (χ3n) is 11.7. The zero-order chi connectivity index (χ0) is 43.2. The molecular formula is C60H46N4. The van der Waals surface area contributed by atoms with E-state index in [1.807, 2.05) is 18.2 Å². The minimum absolute atomic E-state index is 0.931. The van der Waals surface area contributed by atoms with Crippen molar-refractivity contribution in [2.75, 3.05) is 9.80 Å². The van der Waals surface area contributed by atoms with Crippen LogP contribution in [-0.2, 0) is 0 Å². The summed E-state index contributed by atoms with van der Waals surface area (Å²) in [6, 6.07) is 76.7. The molecule has 0 amide bonds. The van der Waals surface area contributed by atoms with Crippen LogP contribution in [0.5, 0.6) is 0 Å². The van der Waals surface area contributed by atoms with Crippen molar-refractivity contribution in [2.24, 2.45) is 0 Å². The molecule has 0 bridgehead atoms. The topological polar surface area (TPSA) is 16.3 Å². The van der Waals surface area contributed by atoms with Crippen molar-refractivity contribution < 1.29 is 0 Å². The van der Waals surface area contributed by atoms with Crippen LogP contribution in [0.3, 0.4) is 0 Å². The summed E-state index contributed by atoms with van der Waals surface area (Å²) in [5.74, 6) is 0. The van der Waals surface area contributed by atoms with Gasteiger partial charge in [0.2, 0.25) is 0 Å². The first-order valence-electron chi connectivity index (χ1n) is 21.6. The maximum Gasteiger partial charge on any atom is 0.0541 e. The molecule has 4 nitrogen and oxygen atoms in total. The quantitative estimate of drug-likeness (QED) is 0.108. The Labute approximate surface area is 374 Å². The SMILES string of the molecule is C=C/C(=C\C=C\n1c(/C=C\C(=C)c2ccc3c(c2)c2ccccc2n3-c2ccc(N(c3ccccc3)c3ccccc3)cc2)cc2ccccc21)N(c1ccccc1)c1ccccc1.